The molecule has 148 valence electrons. The first-order valence-electron chi connectivity index (χ1n) is 10.1. The third-order valence-corrected chi connectivity index (χ3v) is 8.22. The van der Waals surface area contributed by atoms with E-state index in [1.54, 1.807) is 7.11 Å². The van der Waals surface area contributed by atoms with Gasteiger partial charge in [0.05, 0.1) is 7.11 Å². The third kappa shape index (κ3) is 5.71. The second-order valence-corrected chi connectivity index (χ2v) is 9.95. The molecule has 0 aliphatic carbocycles. The van der Waals surface area contributed by atoms with Crippen LogP contribution >= 0.6 is 23.5 Å². The Kier molecular flexibility index (Phi) is 8.17. The number of methoxy groups -OCH3 is 1. The normalized spacial score (nSPS) is 16.6. The van der Waals surface area contributed by atoms with Gasteiger partial charge in [0.25, 0.3) is 0 Å². The van der Waals surface area contributed by atoms with Crippen molar-refractivity contribution in [3.8, 4) is 5.75 Å². The van der Waals surface area contributed by atoms with E-state index in [4.69, 9.17) is 4.74 Å². The van der Waals surface area contributed by atoms with Gasteiger partial charge < -0.3 is 4.74 Å². The minimum atomic E-state index is 0.0335. The summed E-state index contributed by atoms with van der Waals surface area (Å²) in [6, 6.07) is 17.5. The van der Waals surface area contributed by atoms with E-state index in [0.717, 1.165) is 5.75 Å². The van der Waals surface area contributed by atoms with E-state index < -0.39 is 0 Å². The second kappa shape index (κ2) is 10.8. The number of aryl methyl sites for hydroxylation is 1. The number of unbranched alkanes of at least 4 members (excludes halogenated alkanes) is 1. The number of benzene rings is 2. The topological polar surface area (TPSA) is 9.23 Å². The van der Waals surface area contributed by atoms with Crippen molar-refractivity contribution in [3.05, 3.63) is 83.4 Å². The van der Waals surface area contributed by atoms with Gasteiger partial charge in [-0.15, -0.1) is 23.5 Å². The molecule has 1 aliphatic heterocycles. The maximum Gasteiger partial charge on any atom is 0.118 e. The first-order valence-corrected chi connectivity index (χ1v) is 12.1. The van der Waals surface area contributed by atoms with E-state index in [-0.39, 0.29) is 4.08 Å². The Bertz CT molecular complexity index is 769. The van der Waals surface area contributed by atoms with Crippen LogP contribution in [0.5, 0.6) is 5.75 Å². The molecule has 1 fully saturated rings. The van der Waals surface area contributed by atoms with Crippen molar-refractivity contribution in [2.24, 2.45) is 0 Å². The molecule has 0 unspecified atom stereocenters. The summed E-state index contributed by atoms with van der Waals surface area (Å²) in [6.45, 7) is 2.25. The van der Waals surface area contributed by atoms with Gasteiger partial charge in [0, 0.05) is 0 Å². The van der Waals surface area contributed by atoms with Crippen LogP contribution in [0.2, 0.25) is 0 Å². The number of hydrogen-bond donors (Lipinski definition) is 0. The summed E-state index contributed by atoms with van der Waals surface area (Å²) in [6.07, 6.45) is 13.9. The third-order valence-electron chi connectivity index (χ3n) is 4.93. The lowest BCUT2D eigenvalue weighted by molar-refractivity contribution is 0.415. The van der Waals surface area contributed by atoms with Gasteiger partial charge in [-0.25, -0.2) is 0 Å². The van der Waals surface area contributed by atoms with Crippen LogP contribution in [0.4, 0.5) is 0 Å². The Morgan fingerprint density at radius 3 is 2.32 bits per heavy atom. The summed E-state index contributed by atoms with van der Waals surface area (Å²) >= 11 is 4.13. The minimum Gasteiger partial charge on any atom is -0.497 e. The SMILES string of the molecule is CCCCc1ccc(C2(/C=C/C=C/c3ccc(OC)cc3)SCCCS2)cc1. The summed E-state index contributed by atoms with van der Waals surface area (Å²) in [5, 5.41) is 0. The monoisotopic (exact) mass is 410 g/mol. The lowest BCUT2D eigenvalue weighted by Gasteiger charge is -2.34. The van der Waals surface area contributed by atoms with Crippen LogP contribution in [0, 0.1) is 0 Å². The highest BCUT2D eigenvalue weighted by atomic mass is 32.2. The molecule has 0 saturated carbocycles. The highest BCUT2D eigenvalue weighted by Gasteiger charge is 2.32. The average Bonchev–Trinajstić information content (AvgIpc) is 2.77. The van der Waals surface area contributed by atoms with Gasteiger partial charge in [-0.05, 0) is 59.6 Å². The molecule has 0 bridgehead atoms. The van der Waals surface area contributed by atoms with Crippen molar-refractivity contribution in [2.75, 3.05) is 18.6 Å². The number of rotatable bonds is 8. The van der Waals surface area contributed by atoms with Gasteiger partial charge in [-0.2, -0.15) is 0 Å². The molecule has 1 saturated heterocycles. The van der Waals surface area contributed by atoms with Crippen molar-refractivity contribution in [1.82, 2.24) is 0 Å². The predicted octanol–water partition coefficient (Wildman–Crippen LogP) is 7.33. The van der Waals surface area contributed by atoms with Crippen molar-refractivity contribution in [3.63, 3.8) is 0 Å². The van der Waals surface area contributed by atoms with Crippen molar-refractivity contribution >= 4 is 29.6 Å². The van der Waals surface area contributed by atoms with Crippen LogP contribution in [0.3, 0.4) is 0 Å². The molecule has 28 heavy (non-hydrogen) atoms. The molecular formula is C25H30OS2. The predicted molar refractivity (Wildman–Crippen MR) is 127 cm³/mol. The zero-order valence-electron chi connectivity index (χ0n) is 16.9. The van der Waals surface area contributed by atoms with Gasteiger partial charge in [0.15, 0.2) is 0 Å². The van der Waals surface area contributed by atoms with E-state index in [1.165, 1.54) is 53.9 Å². The highest BCUT2D eigenvalue weighted by Crippen LogP contribution is 2.51. The molecular weight excluding hydrogens is 380 g/mol. The standard InChI is InChI=1S/C25H30OS2/c1-3-4-8-21-10-14-23(15-11-21)25(27-19-7-20-28-25)18-6-5-9-22-12-16-24(26-2)17-13-22/h5-6,9-18H,3-4,7-8,19-20H2,1-2H3/b9-5+,18-6+. The van der Waals surface area contributed by atoms with E-state index in [9.17, 15) is 0 Å². The maximum atomic E-state index is 5.22. The van der Waals surface area contributed by atoms with Crippen LogP contribution in [-0.2, 0) is 10.5 Å². The van der Waals surface area contributed by atoms with Gasteiger partial charge in [-0.3, -0.25) is 0 Å². The Morgan fingerprint density at radius 1 is 0.964 bits per heavy atom. The van der Waals surface area contributed by atoms with Crippen molar-refractivity contribution in [2.45, 2.75) is 36.7 Å². The Balaban J connectivity index is 1.73. The summed E-state index contributed by atoms with van der Waals surface area (Å²) in [5.41, 5.74) is 4.05. The molecule has 0 radical (unpaired) electrons. The zero-order valence-corrected chi connectivity index (χ0v) is 18.5. The summed E-state index contributed by atoms with van der Waals surface area (Å²) in [4.78, 5) is 0. The number of hydrogen-bond acceptors (Lipinski definition) is 3. The molecule has 2 aromatic rings. The van der Waals surface area contributed by atoms with Crippen molar-refractivity contribution in [1.29, 1.82) is 0 Å². The molecule has 3 rings (SSSR count). The largest absolute Gasteiger partial charge is 0.497 e. The number of allylic oxidation sites excluding steroid dienone is 2. The van der Waals surface area contributed by atoms with Crippen LogP contribution in [0.25, 0.3) is 6.08 Å². The molecule has 0 spiro atoms. The van der Waals surface area contributed by atoms with Crippen molar-refractivity contribution < 1.29 is 4.74 Å². The fourth-order valence-corrected chi connectivity index (χ4v) is 6.41. The molecule has 2 aromatic carbocycles. The summed E-state index contributed by atoms with van der Waals surface area (Å²) in [7, 11) is 1.70. The molecule has 1 nitrogen and oxygen atoms in total. The molecule has 0 N–H and O–H groups in total. The Hall–Kier alpha value is -1.58. The first kappa shape index (κ1) is 21.1. The average molecular weight is 411 g/mol. The van der Waals surface area contributed by atoms with Crippen LogP contribution < -0.4 is 4.74 Å². The highest BCUT2D eigenvalue weighted by molar-refractivity contribution is 8.18. The van der Waals surface area contributed by atoms with Gasteiger partial charge in [-0.1, -0.05) is 74.0 Å². The van der Waals surface area contributed by atoms with E-state index in [0.29, 0.717) is 0 Å². The van der Waals surface area contributed by atoms with Gasteiger partial charge in [0.1, 0.15) is 9.83 Å². The fourth-order valence-electron chi connectivity index (χ4n) is 3.26. The first-order chi connectivity index (χ1) is 13.8. The summed E-state index contributed by atoms with van der Waals surface area (Å²) in [5.74, 6) is 3.33. The fraction of sp³-hybridized carbons (Fsp3) is 0.360. The molecule has 1 heterocycles. The van der Waals surface area contributed by atoms with E-state index in [1.807, 2.05) is 12.1 Å². The van der Waals surface area contributed by atoms with Crippen LogP contribution in [-0.4, -0.2) is 18.6 Å². The maximum absolute atomic E-state index is 5.22. The van der Waals surface area contributed by atoms with Crippen LogP contribution in [0.1, 0.15) is 42.9 Å². The Morgan fingerprint density at radius 2 is 1.68 bits per heavy atom. The molecule has 1 aliphatic rings. The molecule has 0 amide bonds. The second-order valence-electron chi connectivity index (χ2n) is 7.01. The zero-order chi connectivity index (χ0) is 19.7. The van der Waals surface area contributed by atoms with E-state index >= 15 is 0 Å². The smallest absolute Gasteiger partial charge is 0.118 e. The number of ether oxygens (including phenoxy) is 1. The lowest BCUT2D eigenvalue weighted by atomic mass is 10.0. The number of thioether (sulfide) groups is 2. The van der Waals surface area contributed by atoms with E-state index in [2.05, 4.69) is 91.1 Å². The van der Waals surface area contributed by atoms with Gasteiger partial charge in [0.2, 0.25) is 0 Å². The molecule has 3 heteroatoms. The Labute approximate surface area is 178 Å². The quantitative estimate of drug-likeness (QED) is 0.422. The lowest BCUT2D eigenvalue weighted by Crippen LogP contribution is -2.20. The van der Waals surface area contributed by atoms with Gasteiger partial charge >= 0.3 is 0 Å². The molecule has 0 aromatic heterocycles. The summed E-state index contributed by atoms with van der Waals surface area (Å²) < 4.78 is 5.26. The molecule has 0 atom stereocenters. The minimum absolute atomic E-state index is 0.0335. The van der Waals surface area contributed by atoms with Crippen LogP contribution in [0.15, 0.2) is 66.8 Å².